The van der Waals surface area contributed by atoms with Crippen LogP contribution in [-0.2, 0) is 4.79 Å². The molecule has 0 radical (unpaired) electrons. The van der Waals surface area contributed by atoms with E-state index in [1.54, 1.807) is 0 Å². The Hall–Kier alpha value is -1.13. The molecule has 3 nitrogen and oxygen atoms in total. The summed E-state index contributed by atoms with van der Waals surface area (Å²) in [7, 11) is 0. The second-order valence-corrected chi connectivity index (χ2v) is 3.65. The number of carboxylic acid groups (broad SMARTS) is 1. The third-order valence-corrected chi connectivity index (χ3v) is 2.50. The fourth-order valence-corrected chi connectivity index (χ4v) is 1.31. The molecule has 82 valence electrons. The second-order valence-electron chi connectivity index (χ2n) is 3.25. The summed E-state index contributed by atoms with van der Waals surface area (Å²) in [6.07, 6.45) is -1.55. The summed E-state index contributed by atoms with van der Waals surface area (Å²) < 4.78 is 13.0. The van der Waals surface area contributed by atoms with Crippen molar-refractivity contribution in [3.05, 3.63) is 34.6 Å². The van der Waals surface area contributed by atoms with Crippen LogP contribution >= 0.6 is 11.6 Å². The number of halogens is 2. The van der Waals surface area contributed by atoms with E-state index >= 15 is 0 Å². The minimum Gasteiger partial charge on any atom is -0.479 e. The van der Waals surface area contributed by atoms with Gasteiger partial charge in [-0.05, 0) is 17.7 Å². The Bertz CT molecular complexity index is 381. The average molecular weight is 233 g/mol. The molecule has 0 aliphatic carbocycles. The van der Waals surface area contributed by atoms with Crippen molar-refractivity contribution in [1.82, 2.24) is 0 Å². The van der Waals surface area contributed by atoms with E-state index in [0.29, 0.717) is 5.56 Å². The highest BCUT2D eigenvalue weighted by atomic mass is 35.5. The van der Waals surface area contributed by atoms with Crippen LogP contribution in [0.25, 0.3) is 0 Å². The van der Waals surface area contributed by atoms with Crippen LogP contribution in [0.2, 0.25) is 5.02 Å². The zero-order chi connectivity index (χ0) is 11.6. The summed E-state index contributed by atoms with van der Waals surface area (Å²) >= 11 is 5.47. The molecule has 0 aliphatic heterocycles. The van der Waals surface area contributed by atoms with Crippen LogP contribution in [0, 0.1) is 5.82 Å². The third-order valence-electron chi connectivity index (χ3n) is 2.20. The quantitative estimate of drug-likeness (QED) is 0.838. The third kappa shape index (κ3) is 2.67. The first-order valence-corrected chi connectivity index (χ1v) is 4.67. The van der Waals surface area contributed by atoms with Crippen molar-refractivity contribution in [2.24, 2.45) is 0 Å². The van der Waals surface area contributed by atoms with E-state index in [1.807, 2.05) is 0 Å². The van der Waals surface area contributed by atoms with Crippen molar-refractivity contribution < 1.29 is 19.4 Å². The molecule has 15 heavy (non-hydrogen) atoms. The van der Waals surface area contributed by atoms with Crippen molar-refractivity contribution in [3.63, 3.8) is 0 Å². The average Bonchev–Trinajstić information content (AvgIpc) is 2.19. The molecular formula is C10H10ClFO3. The highest BCUT2D eigenvalue weighted by Gasteiger charge is 2.23. The molecule has 0 saturated heterocycles. The van der Waals surface area contributed by atoms with E-state index in [1.165, 1.54) is 19.1 Å². The first kappa shape index (κ1) is 11.9. The van der Waals surface area contributed by atoms with Crippen molar-refractivity contribution in [3.8, 4) is 0 Å². The molecule has 1 aromatic carbocycles. The minimum absolute atomic E-state index is 0.0317. The largest absolute Gasteiger partial charge is 0.479 e. The molecule has 0 spiro atoms. The summed E-state index contributed by atoms with van der Waals surface area (Å²) in [4.78, 5) is 10.5. The van der Waals surface area contributed by atoms with E-state index < -0.39 is 23.8 Å². The topological polar surface area (TPSA) is 57.5 Å². The van der Waals surface area contributed by atoms with Gasteiger partial charge in [0.25, 0.3) is 0 Å². The van der Waals surface area contributed by atoms with Crippen molar-refractivity contribution in [2.75, 3.05) is 0 Å². The fourth-order valence-electron chi connectivity index (χ4n) is 1.19. The maximum Gasteiger partial charge on any atom is 0.333 e. The zero-order valence-corrected chi connectivity index (χ0v) is 8.70. The lowest BCUT2D eigenvalue weighted by Crippen LogP contribution is -2.25. The molecule has 0 bridgehead atoms. The number of aliphatic hydroxyl groups is 1. The molecule has 0 saturated carbocycles. The molecule has 0 aromatic heterocycles. The zero-order valence-electron chi connectivity index (χ0n) is 7.95. The minimum atomic E-state index is -1.55. The molecule has 1 aromatic rings. The van der Waals surface area contributed by atoms with Crippen molar-refractivity contribution in [1.29, 1.82) is 0 Å². The molecule has 5 heteroatoms. The van der Waals surface area contributed by atoms with E-state index in [4.69, 9.17) is 16.7 Å². The van der Waals surface area contributed by atoms with Gasteiger partial charge in [0.2, 0.25) is 0 Å². The summed E-state index contributed by atoms with van der Waals surface area (Å²) in [5.41, 5.74) is 0.395. The highest BCUT2D eigenvalue weighted by Crippen LogP contribution is 2.23. The van der Waals surface area contributed by atoms with Gasteiger partial charge in [-0.2, -0.15) is 0 Å². The number of aliphatic carboxylic acids is 1. The SMILES string of the molecule is CC(c1ccc(Cl)c(F)c1)C(O)C(=O)O. The van der Waals surface area contributed by atoms with Crippen LogP contribution in [0.5, 0.6) is 0 Å². The Morgan fingerprint density at radius 3 is 2.60 bits per heavy atom. The first-order chi connectivity index (χ1) is 6.93. The number of hydrogen-bond donors (Lipinski definition) is 2. The van der Waals surface area contributed by atoms with Gasteiger partial charge >= 0.3 is 5.97 Å². The Kier molecular flexibility index (Phi) is 3.66. The predicted octanol–water partition coefficient (Wildman–Crippen LogP) is 2.03. The number of aliphatic hydroxyl groups excluding tert-OH is 1. The maximum atomic E-state index is 13.0. The fraction of sp³-hybridized carbons (Fsp3) is 0.300. The number of carbonyl (C=O) groups is 1. The number of hydrogen-bond acceptors (Lipinski definition) is 2. The van der Waals surface area contributed by atoms with Crippen molar-refractivity contribution in [2.45, 2.75) is 18.9 Å². The standard InChI is InChI=1S/C10H10ClFO3/c1-5(9(13)10(14)15)6-2-3-7(11)8(12)4-6/h2-5,9,13H,1H3,(H,14,15). The van der Waals surface area contributed by atoms with Gasteiger partial charge in [0.15, 0.2) is 6.10 Å². The lowest BCUT2D eigenvalue weighted by molar-refractivity contribution is -0.147. The lowest BCUT2D eigenvalue weighted by atomic mass is 9.95. The smallest absolute Gasteiger partial charge is 0.333 e. The monoisotopic (exact) mass is 232 g/mol. The van der Waals surface area contributed by atoms with Crippen LogP contribution in [0.1, 0.15) is 18.4 Å². The Morgan fingerprint density at radius 1 is 1.53 bits per heavy atom. The molecule has 1 rings (SSSR count). The Labute approximate surface area is 91.1 Å². The summed E-state index contributed by atoms with van der Waals surface area (Å²) in [6, 6.07) is 3.94. The van der Waals surface area contributed by atoms with Gasteiger partial charge < -0.3 is 10.2 Å². The predicted molar refractivity (Wildman–Crippen MR) is 53.5 cm³/mol. The summed E-state index contributed by atoms with van der Waals surface area (Å²) in [5.74, 6) is -2.65. The normalized spacial score (nSPS) is 14.7. The van der Waals surface area contributed by atoms with E-state index in [0.717, 1.165) is 6.07 Å². The van der Waals surface area contributed by atoms with Crippen LogP contribution in [-0.4, -0.2) is 22.3 Å². The summed E-state index contributed by atoms with van der Waals surface area (Å²) in [5, 5.41) is 17.8. The summed E-state index contributed by atoms with van der Waals surface area (Å²) in [6.45, 7) is 1.50. The van der Waals surface area contributed by atoms with Gasteiger partial charge in [0.1, 0.15) is 5.82 Å². The molecule has 0 heterocycles. The highest BCUT2D eigenvalue weighted by molar-refractivity contribution is 6.30. The molecule has 0 fully saturated rings. The molecule has 2 atom stereocenters. The van der Waals surface area contributed by atoms with Gasteiger partial charge in [-0.3, -0.25) is 0 Å². The lowest BCUT2D eigenvalue weighted by Gasteiger charge is -2.15. The van der Waals surface area contributed by atoms with Gasteiger partial charge in [-0.25, -0.2) is 9.18 Å². The number of benzene rings is 1. The van der Waals surface area contributed by atoms with Crippen LogP contribution < -0.4 is 0 Å². The Balaban J connectivity index is 2.96. The van der Waals surface area contributed by atoms with Crippen LogP contribution in [0.3, 0.4) is 0 Å². The molecule has 0 amide bonds. The van der Waals surface area contributed by atoms with Crippen molar-refractivity contribution >= 4 is 17.6 Å². The van der Waals surface area contributed by atoms with Crippen LogP contribution in [0.15, 0.2) is 18.2 Å². The number of rotatable bonds is 3. The Morgan fingerprint density at radius 2 is 2.13 bits per heavy atom. The van der Waals surface area contributed by atoms with E-state index in [-0.39, 0.29) is 5.02 Å². The first-order valence-electron chi connectivity index (χ1n) is 4.29. The molecule has 0 aliphatic rings. The van der Waals surface area contributed by atoms with E-state index in [2.05, 4.69) is 0 Å². The molecule has 2 N–H and O–H groups in total. The molecule has 2 unspecified atom stereocenters. The number of carboxylic acids is 1. The van der Waals surface area contributed by atoms with Gasteiger partial charge in [-0.15, -0.1) is 0 Å². The molecular weight excluding hydrogens is 223 g/mol. The van der Waals surface area contributed by atoms with Gasteiger partial charge in [-0.1, -0.05) is 24.6 Å². The van der Waals surface area contributed by atoms with Gasteiger partial charge in [0.05, 0.1) is 5.02 Å². The maximum absolute atomic E-state index is 13.0. The van der Waals surface area contributed by atoms with Crippen LogP contribution in [0.4, 0.5) is 4.39 Å². The van der Waals surface area contributed by atoms with E-state index in [9.17, 15) is 14.3 Å². The van der Waals surface area contributed by atoms with Gasteiger partial charge in [0, 0.05) is 5.92 Å². The second kappa shape index (κ2) is 4.59.